The Morgan fingerprint density at radius 1 is 1.03 bits per heavy atom. The molecule has 1 aliphatic rings. The number of nitrogens with zero attached hydrogens (tertiary/aromatic N) is 1. The first kappa shape index (κ1) is 20.1. The molecule has 30 heavy (non-hydrogen) atoms. The summed E-state index contributed by atoms with van der Waals surface area (Å²) < 4.78 is 0. The van der Waals surface area contributed by atoms with E-state index in [2.05, 4.69) is 41.0 Å². The van der Waals surface area contributed by atoms with Gasteiger partial charge in [0.1, 0.15) is 6.04 Å². The number of fused-ring (bicyclic) bond motifs is 1. The Balaban J connectivity index is 1.53. The van der Waals surface area contributed by atoms with E-state index >= 15 is 0 Å². The fraction of sp³-hybridized carbons (Fsp3) is 0.280. The largest absolute Gasteiger partial charge is 0.353 e. The van der Waals surface area contributed by atoms with Gasteiger partial charge in [0.05, 0.1) is 6.04 Å². The molecule has 1 heterocycles. The number of amides is 2. The molecule has 0 radical (unpaired) electrons. The molecular formula is C25H27N3O2. The van der Waals surface area contributed by atoms with Gasteiger partial charge in [0.15, 0.2) is 0 Å². The summed E-state index contributed by atoms with van der Waals surface area (Å²) in [5.41, 5.74) is 2.15. The third-order valence-corrected chi connectivity index (χ3v) is 5.79. The van der Waals surface area contributed by atoms with E-state index in [-0.39, 0.29) is 17.9 Å². The van der Waals surface area contributed by atoms with Crippen LogP contribution in [0.15, 0.2) is 72.8 Å². The van der Waals surface area contributed by atoms with Gasteiger partial charge in [0, 0.05) is 19.5 Å². The lowest BCUT2D eigenvalue weighted by atomic mass is 9.98. The zero-order chi connectivity index (χ0) is 20.9. The number of rotatable bonds is 6. The Labute approximate surface area is 177 Å². The molecule has 3 aromatic carbocycles. The van der Waals surface area contributed by atoms with Crippen LogP contribution >= 0.6 is 0 Å². The van der Waals surface area contributed by atoms with E-state index in [9.17, 15) is 9.59 Å². The normalized spacial score (nSPS) is 17.6. The number of hydrogen-bond acceptors (Lipinski definition) is 3. The predicted octanol–water partition coefficient (Wildman–Crippen LogP) is 2.54. The van der Waals surface area contributed by atoms with Crippen molar-refractivity contribution in [3.63, 3.8) is 0 Å². The molecule has 1 saturated heterocycles. The molecule has 0 unspecified atom stereocenters. The molecule has 0 bridgehead atoms. The Morgan fingerprint density at radius 3 is 2.53 bits per heavy atom. The molecule has 2 atom stereocenters. The minimum Gasteiger partial charge on any atom is -0.353 e. The van der Waals surface area contributed by atoms with Gasteiger partial charge >= 0.3 is 0 Å². The van der Waals surface area contributed by atoms with Crippen LogP contribution in [0.1, 0.15) is 11.1 Å². The van der Waals surface area contributed by atoms with Crippen molar-refractivity contribution in [2.24, 2.45) is 0 Å². The van der Waals surface area contributed by atoms with Gasteiger partial charge in [-0.05, 0) is 35.4 Å². The minimum absolute atomic E-state index is 0.0264. The van der Waals surface area contributed by atoms with Crippen molar-refractivity contribution in [2.75, 3.05) is 20.1 Å². The standard InChI is InChI=1S/C25H27N3O2/c1-26-22(16-19-11-12-20-9-5-6-10-21(20)15-19)25(30)28-14-13-27-24(29)23(28)17-18-7-3-2-4-8-18/h2-12,15,22-23,26H,13-14,16-17H2,1H3,(H,27,29)/t22-,23-/m1/s1. The molecule has 0 saturated carbocycles. The Morgan fingerprint density at radius 2 is 1.77 bits per heavy atom. The molecule has 5 nitrogen and oxygen atoms in total. The van der Waals surface area contributed by atoms with Crippen LogP contribution < -0.4 is 10.6 Å². The minimum atomic E-state index is -0.485. The van der Waals surface area contributed by atoms with Gasteiger partial charge in [0.2, 0.25) is 11.8 Å². The van der Waals surface area contributed by atoms with Gasteiger partial charge in [-0.15, -0.1) is 0 Å². The van der Waals surface area contributed by atoms with E-state index in [0.717, 1.165) is 16.5 Å². The highest BCUT2D eigenvalue weighted by molar-refractivity contribution is 5.91. The molecule has 5 heteroatoms. The molecule has 0 spiro atoms. The van der Waals surface area contributed by atoms with Crippen LogP contribution in [-0.4, -0.2) is 48.9 Å². The van der Waals surface area contributed by atoms with E-state index in [1.807, 2.05) is 42.5 Å². The lowest BCUT2D eigenvalue weighted by Gasteiger charge is -2.37. The zero-order valence-corrected chi connectivity index (χ0v) is 17.2. The average Bonchev–Trinajstić information content (AvgIpc) is 2.79. The fourth-order valence-electron chi connectivity index (χ4n) is 4.13. The van der Waals surface area contributed by atoms with Crippen LogP contribution in [0, 0.1) is 0 Å². The van der Waals surface area contributed by atoms with Gasteiger partial charge in [-0.2, -0.15) is 0 Å². The molecular weight excluding hydrogens is 374 g/mol. The summed E-state index contributed by atoms with van der Waals surface area (Å²) in [6.07, 6.45) is 1.10. The van der Waals surface area contributed by atoms with Crippen molar-refractivity contribution in [1.82, 2.24) is 15.5 Å². The van der Waals surface area contributed by atoms with Crippen molar-refractivity contribution in [3.8, 4) is 0 Å². The first-order chi connectivity index (χ1) is 14.7. The maximum absolute atomic E-state index is 13.4. The van der Waals surface area contributed by atoms with Crippen molar-refractivity contribution in [1.29, 1.82) is 0 Å². The molecule has 0 aromatic heterocycles. The van der Waals surface area contributed by atoms with E-state index in [1.54, 1.807) is 11.9 Å². The highest BCUT2D eigenvalue weighted by Gasteiger charge is 2.35. The van der Waals surface area contributed by atoms with E-state index in [4.69, 9.17) is 0 Å². The molecule has 154 valence electrons. The second kappa shape index (κ2) is 9.09. The number of carbonyl (C=O) groups is 2. The maximum Gasteiger partial charge on any atom is 0.243 e. The molecule has 2 amide bonds. The summed E-state index contributed by atoms with van der Waals surface area (Å²) in [6, 6.07) is 23.5. The van der Waals surface area contributed by atoms with Crippen molar-refractivity contribution in [3.05, 3.63) is 83.9 Å². The van der Waals surface area contributed by atoms with Crippen LogP contribution in [0.5, 0.6) is 0 Å². The average molecular weight is 402 g/mol. The van der Waals surface area contributed by atoms with Gasteiger partial charge in [0.25, 0.3) is 0 Å². The molecule has 3 aromatic rings. The van der Waals surface area contributed by atoms with E-state index in [1.165, 1.54) is 5.39 Å². The molecule has 0 aliphatic carbocycles. The zero-order valence-electron chi connectivity index (χ0n) is 17.2. The van der Waals surface area contributed by atoms with Crippen LogP contribution in [0.2, 0.25) is 0 Å². The quantitative estimate of drug-likeness (QED) is 0.667. The SMILES string of the molecule is CN[C@H](Cc1ccc2ccccc2c1)C(=O)N1CCNC(=O)[C@H]1Cc1ccccc1. The number of benzene rings is 3. The van der Waals surface area contributed by atoms with E-state index in [0.29, 0.717) is 25.9 Å². The summed E-state index contributed by atoms with van der Waals surface area (Å²) >= 11 is 0. The second-order valence-electron chi connectivity index (χ2n) is 7.76. The number of piperazine rings is 1. The van der Waals surface area contributed by atoms with Crippen molar-refractivity contribution >= 4 is 22.6 Å². The maximum atomic E-state index is 13.4. The molecule has 1 aliphatic heterocycles. The first-order valence-electron chi connectivity index (χ1n) is 10.4. The summed E-state index contributed by atoms with van der Waals surface area (Å²) in [7, 11) is 1.81. The summed E-state index contributed by atoms with van der Waals surface area (Å²) in [4.78, 5) is 27.8. The highest BCUT2D eigenvalue weighted by atomic mass is 16.2. The van der Waals surface area contributed by atoms with Gasteiger partial charge in [-0.25, -0.2) is 0 Å². The highest BCUT2D eigenvalue weighted by Crippen LogP contribution is 2.19. The van der Waals surface area contributed by atoms with Gasteiger partial charge < -0.3 is 15.5 Å². The molecule has 4 rings (SSSR count). The van der Waals surface area contributed by atoms with Crippen molar-refractivity contribution in [2.45, 2.75) is 24.9 Å². The number of nitrogens with one attached hydrogen (secondary N) is 2. The summed E-state index contributed by atoms with van der Waals surface area (Å²) in [5.74, 6) is -0.111. The second-order valence-corrected chi connectivity index (χ2v) is 7.76. The summed E-state index contributed by atoms with van der Waals surface area (Å²) in [6.45, 7) is 1.01. The Bertz CT molecular complexity index is 1030. The lowest BCUT2D eigenvalue weighted by Crippen LogP contribution is -2.61. The third-order valence-electron chi connectivity index (χ3n) is 5.79. The fourth-order valence-corrected chi connectivity index (χ4v) is 4.13. The van der Waals surface area contributed by atoms with Crippen LogP contribution in [0.25, 0.3) is 10.8 Å². The monoisotopic (exact) mass is 401 g/mol. The van der Waals surface area contributed by atoms with Crippen LogP contribution in [-0.2, 0) is 22.4 Å². The van der Waals surface area contributed by atoms with Gasteiger partial charge in [-0.3, -0.25) is 9.59 Å². The lowest BCUT2D eigenvalue weighted by molar-refractivity contribution is -0.144. The topological polar surface area (TPSA) is 61.4 Å². The summed E-state index contributed by atoms with van der Waals surface area (Å²) in [5, 5.41) is 8.43. The van der Waals surface area contributed by atoms with Crippen molar-refractivity contribution < 1.29 is 9.59 Å². The Hall–Kier alpha value is -3.18. The van der Waals surface area contributed by atoms with E-state index < -0.39 is 6.04 Å². The molecule has 1 fully saturated rings. The van der Waals surface area contributed by atoms with Crippen LogP contribution in [0.3, 0.4) is 0 Å². The first-order valence-corrected chi connectivity index (χ1v) is 10.4. The predicted molar refractivity (Wildman–Crippen MR) is 119 cm³/mol. The molecule has 2 N–H and O–H groups in total. The van der Waals surface area contributed by atoms with Gasteiger partial charge in [-0.1, -0.05) is 72.8 Å². The van der Waals surface area contributed by atoms with Crippen LogP contribution in [0.4, 0.5) is 0 Å². The number of carbonyl (C=O) groups excluding carboxylic acids is 2. The third kappa shape index (κ3) is 4.36. The number of hydrogen-bond donors (Lipinski definition) is 2. The Kier molecular flexibility index (Phi) is 6.10. The number of likely N-dealkylation sites (N-methyl/N-ethyl adjacent to an activating group) is 1. The smallest absolute Gasteiger partial charge is 0.243 e.